The number of hydrogen-bond acceptors (Lipinski definition) is 7. The molecule has 120 valence electrons. The summed E-state index contributed by atoms with van der Waals surface area (Å²) in [6.07, 6.45) is -5.62. The number of hydrogen-bond donors (Lipinski definition) is 6. The molecule has 20 heavy (non-hydrogen) atoms. The lowest BCUT2D eigenvalue weighted by atomic mass is 9.97. The van der Waals surface area contributed by atoms with Crippen molar-refractivity contribution < 1.29 is 34.8 Å². The fourth-order valence-electron chi connectivity index (χ4n) is 2.29. The van der Waals surface area contributed by atoms with Gasteiger partial charge < -0.3 is 40.1 Å². The van der Waals surface area contributed by atoms with Crippen LogP contribution in [0.15, 0.2) is 0 Å². The van der Waals surface area contributed by atoms with Crippen molar-refractivity contribution in [3.8, 4) is 0 Å². The van der Waals surface area contributed by atoms with Crippen LogP contribution in [0, 0.1) is 0 Å². The van der Waals surface area contributed by atoms with Crippen molar-refractivity contribution in [3.63, 3.8) is 0 Å². The Balaban J connectivity index is 2.50. The lowest BCUT2D eigenvalue weighted by Gasteiger charge is -2.40. The van der Waals surface area contributed by atoms with E-state index < -0.39 is 43.4 Å². The molecular weight excluding hydrogens is 268 g/mol. The normalized spacial score (nSPS) is 36.9. The van der Waals surface area contributed by atoms with Crippen molar-refractivity contribution >= 4 is 0 Å². The summed E-state index contributed by atoms with van der Waals surface area (Å²) < 4.78 is 5.59. The first-order valence-corrected chi connectivity index (χ1v) is 6.68. The zero-order valence-corrected chi connectivity index (χ0v) is 12.2. The van der Waals surface area contributed by atoms with Crippen LogP contribution in [-0.2, 0) is 4.74 Å². The third-order valence-electron chi connectivity index (χ3n) is 3.25. The van der Waals surface area contributed by atoms with Crippen LogP contribution in [0.4, 0.5) is 0 Å². The van der Waals surface area contributed by atoms with E-state index in [1.807, 2.05) is 21.1 Å². The largest absolute Gasteiger partial charge is 0.394 e. The van der Waals surface area contributed by atoms with Gasteiger partial charge in [-0.2, -0.15) is 0 Å². The van der Waals surface area contributed by atoms with E-state index in [0.29, 0.717) is 11.0 Å². The van der Waals surface area contributed by atoms with Crippen LogP contribution in [0.3, 0.4) is 0 Å². The fraction of sp³-hybridized carbons (Fsp3) is 1.00. The molecule has 1 fully saturated rings. The average Bonchev–Trinajstić information content (AvgIpc) is 2.31. The Labute approximate surface area is 118 Å². The molecule has 0 radical (unpaired) electrons. The van der Waals surface area contributed by atoms with Crippen LogP contribution < -0.4 is 5.32 Å². The highest BCUT2D eigenvalue weighted by molar-refractivity contribution is 4.92. The zero-order chi connectivity index (χ0) is 15.5. The molecule has 0 bridgehead atoms. The summed E-state index contributed by atoms with van der Waals surface area (Å²) >= 11 is 0. The van der Waals surface area contributed by atoms with E-state index in [9.17, 15) is 20.4 Å². The molecule has 0 spiro atoms. The van der Waals surface area contributed by atoms with Crippen LogP contribution in [0.5, 0.6) is 0 Å². The Morgan fingerprint density at radius 1 is 1.15 bits per heavy atom. The fourth-order valence-corrected chi connectivity index (χ4v) is 2.29. The van der Waals surface area contributed by atoms with Crippen molar-refractivity contribution in [3.05, 3.63) is 0 Å². The maximum Gasteiger partial charge on any atom is 0.173 e. The second-order valence-electron chi connectivity index (χ2n) is 6.29. The van der Waals surface area contributed by atoms with Gasteiger partial charge in [0.25, 0.3) is 0 Å². The molecule has 1 rings (SSSR count). The van der Waals surface area contributed by atoms with Crippen molar-refractivity contribution in [2.45, 2.75) is 36.7 Å². The van der Waals surface area contributed by atoms with Gasteiger partial charge in [-0.25, -0.2) is 0 Å². The number of likely N-dealkylation sites (N-methyl/N-ethyl adjacent to an activating group) is 1. The SMILES string of the molecule is C[N+](C)(C)CC(O)CNC1C(O)[C@H](O)C(CO)O[C@H]1O. The summed E-state index contributed by atoms with van der Waals surface area (Å²) in [7, 11) is 5.81. The minimum Gasteiger partial charge on any atom is -0.394 e. The standard InChI is InChI=1S/C12H27N2O6/c1-14(2,3)5-7(16)4-13-9-11(18)10(17)8(6-15)20-12(9)19/h7-13,15-19H,4-6H2,1-3H3/q+1/t7?,8?,9?,10-,11?,12-/m1/s1. The van der Waals surface area contributed by atoms with Gasteiger partial charge in [-0.05, 0) is 0 Å². The minimum atomic E-state index is -1.36. The molecule has 1 aliphatic rings. The molecule has 6 N–H and O–H groups in total. The number of aliphatic hydroxyl groups excluding tert-OH is 5. The summed E-state index contributed by atoms with van der Waals surface area (Å²) in [5.74, 6) is 0. The lowest BCUT2D eigenvalue weighted by Crippen LogP contribution is -2.64. The summed E-state index contributed by atoms with van der Waals surface area (Å²) in [5, 5.41) is 51.0. The molecule has 6 atom stereocenters. The Hall–Kier alpha value is -0.320. The number of rotatable bonds is 6. The van der Waals surface area contributed by atoms with Gasteiger partial charge in [-0.15, -0.1) is 0 Å². The summed E-state index contributed by atoms with van der Waals surface area (Å²) in [5.41, 5.74) is 0. The highest BCUT2D eigenvalue weighted by atomic mass is 16.6. The van der Waals surface area contributed by atoms with Crippen LogP contribution in [0.25, 0.3) is 0 Å². The first kappa shape index (κ1) is 17.7. The number of quaternary nitrogens is 1. The molecular formula is C12H27N2O6+. The third kappa shape index (κ3) is 4.90. The van der Waals surface area contributed by atoms with E-state index in [1.165, 1.54) is 0 Å². The lowest BCUT2D eigenvalue weighted by molar-refractivity contribution is -0.873. The van der Waals surface area contributed by atoms with Gasteiger partial charge in [-0.3, -0.25) is 0 Å². The average molecular weight is 295 g/mol. The molecule has 1 saturated heterocycles. The van der Waals surface area contributed by atoms with Crippen LogP contribution >= 0.6 is 0 Å². The summed E-state index contributed by atoms with van der Waals surface area (Å²) in [6.45, 7) is 0.148. The number of ether oxygens (including phenoxy) is 1. The topological polar surface area (TPSA) is 122 Å². The second-order valence-corrected chi connectivity index (χ2v) is 6.29. The molecule has 0 saturated carbocycles. The van der Waals surface area contributed by atoms with Gasteiger partial charge >= 0.3 is 0 Å². The molecule has 0 aromatic heterocycles. The van der Waals surface area contributed by atoms with Crippen LogP contribution in [0.2, 0.25) is 0 Å². The van der Waals surface area contributed by atoms with E-state index in [1.54, 1.807) is 0 Å². The van der Waals surface area contributed by atoms with E-state index in [0.717, 1.165) is 0 Å². The van der Waals surface area contributed by atoms with E-state index in [2.05, 4.69) is 5.32 Å². The summed E-state index contributed by atoms with van der Waals surface area (Å²) in [4.78, 5) is 0. The molecule has 4 unspecified atom stereocenters. The summed E-state index contributed by atoms with van der Waals surface area (Å²) in [6, 6.07) is -0.921. The van der Waals surface area contributed by atoms with Gasteiger partial charge in [0, 0.05) is 6.54 Å². The Bertz CT molecular complexity index is 298. The molecule has 8 nitrogen and oxygen atoms in total. The van der Waals surface area contributed by atoms with Gasteiger partial charge in [0.2, 0.25) is 0 Å². The molecule has 0 amide bonds. The van der Waals surface area contributed by atoms with Crippen molar-refractivity contribution in [1.29, 1.82) is 0 Å². The second kappa shape index (κ2) is 7.10. The quantitative estimate of drug-likeness (QED) is 0.280. The Morgan fingerprint density at radius 2 is 1.75 bits per heavy atom. The minimum absolute atomic E-state index is 0.147. The number of aliphatic hydroxyl groups is 5. The highest BCUT2D eigenvalue weighted by Gasteiger charge is 2.43. The molecule has 0 aliphatic carbocycles. The molecule has 1 aliphatic heterocycles. The first-order chi connectivity index (χ1) is 9.15. The third-order valence-corrected chi connectivity index (χ3v) is 3.25. The van der Waals surface area contributed by atoms with Crippen LogP contribution in [-0.4, -0.2) is 108 Å². The van der Waals surface area contributed by atoms with Gasteiger partial charge in [-0.1, -0.05) is 0 Å². The monoisotopic (exact) mass is 295 g/mol. The van der Waals surface area contributed by atoms with Gasteiger partial charge in [0.15, 0.2) is 6.29 Å². The number of nitrogens with zero attached hydrogens (tertiary/aromatic N) is 1. The molecule has 0 aromatic rings. The van der Waals surface area contributed by atoms with E-state index in [4.69, 9.17) is 9.84 Å². The molecule has 0 aromatic carbocycles. The van der Waals surface area contributed by atoms with Crippen molar-refractivity contribution in [1.82, 2.24) is 5.32 Å². The van der Waals surface area contributed by atoms with Gasteiger partial charge in [0.1, 0.15) is 31.0 Å². The Kier molecular flexibility index (Phi) is 6.29. The predicted molar refractivity (Wildman–Crippen MR) is 70.7 cm³/mol. The predicted octanol–water partition coefficient (Wildman–Crippen LogP) is -3.56. The smallest absolute Gasteiger partial charge is 0.173 e. The zero-order valence-electron chi connectivity index (χ0n) is 12.2. The van der Waals surface area contributed by atoms with Gasteiger partial charge in [0.05, 0.1) is 33.8 Å². The van der Waals surface area contributed by atoms with E-state index in [-0.39, 0.29) is 6.54 Å². The maximum atomic E-state index is 9.91. The van der Waals surface area contributed by atoms with E-state index >= 15 is 0 Å². The highest BCUT2D eigenvalue weighted by Crippen LogP contribution is 2.19. The van der Waals surface area contributed by atoms with Crippen molar-refractivity contribution in [2.24, 2.45) is 0 Å². The first-order valence-electron chi connectivity index (χ1n) is 6.68. The molecule has 8 heteroatoms. The Morgan fingerprint density at radius 3 is 2.25 bits per heavy atom. The number of nitrogens with one attached hydrogen (secondary N) is 1. The maximum absolute atomic E-state index is 9.91. The molecule has 1 heterocycles. The van der Waals surface area contributed by atoms with Crippen molar-refractivity contribution in [2.75, 3.05) is 40.8 Å². The van der Waals surface area contributed by atoms with Crippen LogP contribution in [0.1, 0.15) is 0 Å².